The van der Waals surface area contributed by atoms with Crippen molar-refractivity contribution in [2.75, 3.05) is 11.9 Å². The molecule has 1 aromatic rings. The van der Waals surface area contributed by atoms with Crippen molar-refractivity contribution >= 4 is 35.3 Å². The highest BCUT2D eigenvalue weighted by atomic mass is 35.5. The van der Waals surface area contributed by atoms with Gasteiger partial charge in [0.05, 0.1) is 4.99 Å². The van der Waals surface area contributed by atoms with Gasteiger partial charge in [-0.1, -0.05) is 18.3 Å². The summed E-state index contributed by atoms with van der Waals surface area (Å²) >= 11 is 5.46. The van der Waals surface area contributed by atoms with Crippen molar-refractivity contribution < 1.29 is 4.74 Å². The zero-order chi connectivity index (χ0) is 13.1. The molecule has 0 fully saturated rings. The summed E-state index contributed by atoms with van der Waals surface area (Å²) in [5.41, 5.74) is 10.4. The Hall–Kier alpha value is -0.840. The van der Waals surface area contributed by atoms with Crippen molar-refractivity contribution in [3.63, 3.8) is 0 Å². The summed E-state index contributed by atoms with van der Waals surface area (Å²) in [4.78, 5) is 0.869. The van der Waals surface area contributed by atoms with Crippen LogP contribution in [0.25, 0.3) is 0 Å². The molecule has 0 aromatic heterocycles. The van der Waals surface area contributed by atoms with Crippen molar-refractivity contribution in [3.8, 4) is 5.75 Å². The van der Waals surface area contributed by atoms with E-state index in [4.69, 9.17) is 22.7 Å². The SMILES string of the molecule is Cc1cc2c(c3c1NC(=S)C3(C)C)OC(CN)C2.Cl. The van der Waals surface area contributed by atoms with Crippen LogP contribution in [0.4, 0.5) is 5.69 Å². The number of nitrogens with one attached hydrogen (secondary N) is 1. The van der Waals surface area contributed by atoms with Gasteiger partial charge in [0.15, 0.2) is 0 Å². The number of ether oxygens (including phenoxy) is 1. The summed E-state index contributed by atoms with van der Waals surface area (Å²) in [7, 11) is 0. The fraction of sp³-hybridized carbons (Fsp3) is 0.500. The Morgan fingerprint density at radius 2 is 2.21 bits per heavy atom. The Labute approximate surface area is 125 Å². The van der Waals surface area contributed by atoms with Crippen LogP contribution in [0.15, 0.2) is 6.07 Å². The first-order valence-electron chi connectivity index (χ1n) is 6.30. The Bertz CT molecular complexity index is 557. The van der Waals surface area contributed by atoms with Crippen LogP contribution in [-0.2, 0) is 11.8 Å². The maximum absolute atomic E-state index is 6.01. The van der Waals surface area contributed by atoms with E-state index in [1.54, 1.807) is 0 Å². The molecule has 19 heavy (non-hydrogen) atoms. The van der Waals surface area contributed by atoms with Crippen LogP contribution >= 0.6 is 24.6 Å². The van der Waals surface area contributed by atoms with Gasteiger partial charge >= 0.3 is 0 Å². The average molecular weight is 299 g/mol. The predicted octanol–water partition coefficient (Wildman–Crippen LogP) is 2.71. The summed E-state index contributed by atoms with van der Waals surface area (Å²) < 4.78 is 6.01. The second kappa shape index (κ2) is 4.62. The van der Waals surface area contributed by atoms with Crippen LogP contribution in [0.3, 0.4) is 0 Å². The fourth-order valence-electron chi connectivity index (χ4n) is 2.88. The molecule has 104 valence electrons. The van der Waals surface area contributed by atoms with Gasteiger partial charge in [0.1, 0.15) is 11.9 Å². The van der Waals surface area contributed by atoms with Crippen LogP contribution in [-0.4, -0.2) is 17.6 Å². The smallest absolute Gasteiger partial charge is 0.129 e. The lowest BCUT2D eigenvalue weighted by Crippen LogP contribution is -2.27. The molecule has 0 saturated heterocycles. The van der Waals surface area contributed by atoms with Crippen molar-refractivity contribution in [2.24, 2.45) is 5.73 Å². The average Bonchev–Trinajstić information content (AvgIpc) is 2.80. The fourth-order valence-corrected chi connectivity index (χ4v) is 3.09. The molecular weight excluding hydrogens is 280 g/mol. The van der Waals surface area contributed by atoms with Gasteiger partial charge in [0.2, 0.25) is 0 Å². The predicted molar refractivity (Wildman–Crippen MR) is 84.8 cm³/mol. The third-order valence-corrected chi connectivity index (χ3v) is 4.59. The third kappa shape index (κ3) is 1.93. The molecule has 0 aliphatic carbocycles. The van der Waals surface area contributed by atoms with Gasteiger partial charge in [-0.25, -0.2) is 0 Å². The molecule has 3 N–H and O–H groups in total. The lowest BCUT2D eigenvalue weighted by molar-refractivity contribution is 0.238. The molecule has 2 heterocycles. The summed E-state index contributed by atoms with van der Waals surface area (Å²) in [5.74, 6) is 1.00. The van der Waals surface area contributed by atoms with Gasteiger partial charge in [0, 0.05) is 29.6 Å². The number of fused-ring (bicyclic) bond motifs is 3. The monoisotopic (exact) mass is 298 g/mol. The van der Waals surface area contributed by atoms with Crippen LogP contribution in [0, 0.1) is 6.92 Å². The highest BCUT2D eigenvalue weighted by Crippen LogP contribution is 2.49. The molecule has 2 aliphatic heterocycles. The van der Waals surface area contributed by atoms with Gasteiger partial charge in [0.25, 0.3) is 0 Å². The maximum atomic E-state index is 6.01. The summed E-state index contributed by atoms with van der Waals surface area (Å²) in [6, 6.07) is 2.20. The number of halogens is 1. The Morgan fingerprint density at radius 3 is 2.84 bits per heavy atom. The summed E-state index contributed by atoms with van der Waals surface area (Å²) in [6.07, 6.45) is 1.01. The van der Waals surface area contributed by atoms with E-state index >= 15 is 0 Å². The van der Waals surface area contributed by atoms with Crippen LogP contribution in [0.5, 0.6) is 5.75 Å². The summed E-state index contributed by atoms with van der Waals surface area (Å²) in [6.45, 7) is 6.97. The largest absolute Gasteiger partial charge is 0.488 e. The molecule has 0 saturated carbocycles. The van der Waals surface area contributed by atoms with Gasteiger partial charge in [-0.15, -0.1) is 12.4 Å². The number of thiocarbonyl (C=S) groups is 1. The highest BCUT2D eigenvalue weighted by molar-refractivity contribution is 7.80. The third-order valence-electron chi connectivity index (χ3n) is 3.98. The Kier molecular flexibility index (Phi) is 3.54. The van der Waals surface area contributed by atoms with Gasteiger partial charge < -0.3 is 15.8 Å². The number of benzene rings is 1. The van der Waals surface area contributed by atoms with Crippen LogP contribution in [0.1, 0.15) is 30.5 Å². The van der Waals surface area contributed by atoms with Crippen LogP contribution < -0.4 is 15.8 Å². The van der Waals surface area contributed by atoms with E-state index in [1.807, 2.05) is 0 Å². The standard InChI is InChI=1S/C14H18N2OS.ClH/c1-7-4-8-5-9(6-15)17-12(8)10-11(7)16-13(18)14(10,2)3;/h4,9H,5-6,15H2,1-3H3,(H,16,18);1H. The van der Waals surface area contributed by atoms with Gasteiger partial charge in [-0.2, -0.15) is 0 Å². The molecular formula is C14H19ClN2OS. The highest BCUT2D eigenvalue weighted by Gasteiger charge is 2.42. The molecule has 3 nitrogen and oxygen atoms in total. The Balaban J connectivity index is 0.00000133. The molecule has 1 atom stereocenters. The molecule has 0 bridgehead atoms. The quantitative estimate of drug-likeness (QED) is 0.783. The minimum atomic E-state index is -0.162. The number of aryl methyl sites for hydroxylation is 1. The van der Waals surface area contributed by atoms with Crippen molar-refractivity contribution in [1.82, 2.24) is 0 Å². The maximum Gasteiger partial charge on any atom is 0.129 e. The molecule has 5 heteroatoms. The van der Waals surface area contributed by atoms with E-state index in [9.17, 15) is 0 Å². The lowest BCUT2D eigenvalue weighted by atomic mass is 9.84. The van der Waals surface area contributed by atoms with Crippen molar-refractivity contribution in [3.05, 3.63) is 22.8 Å². The van der Waals surface area contributed by atoms with E-state index in [-0.39, 0.29) is 23.9 Å². The second-order valence-electron chi connectivity index (χ2n) is 5.69. The minimum Gasteiger partial charge on any atom is -0.488 e. The number of nitrogens with two attached hydrogens (primary N) is 1. The van der Waals surface area contributed by atoms with Crippen molar-refractivity contribution in [2.45, 2.75) is 38.7 Å². The normalized spacial score (nSPS) is 22.1. The number of rotatable bonds is 1. The molecule has 3 rings (SSSR count). The van der Waals surface area contributed by atoms with Gasteiger partial charge in [-0.05, 0) is 31.9 Å². The van der Waals surface area contributed by atoms with Crippen molar-refractivity contribution in [1.29, 1.82) is 0 Å². The second-order valence-corrected chi connectivity index (χ2v) is 6.10. The topological polar surface area (TPSA) is 47.3 Å². The number of hydrogen-bond donors (Lipinski definition) is 2. The van der Waals surface area contributed by atoms with E-state index in [1.165, 1.54) is 16.7 Å². The van der Waals surface area contributed by atoms with E-state index < -0.39 is 0 Å². The summed E-state index contributed by atoms with van der Waals surface area (Å²) in [5, 5.41) is 3.34. The van der Waals surface area contributed by atoms with E-state index in [0.29, 0.717) is 6.54 Å². The molecule has 2 aliphatic rings. The first-order chi connectivity index (χ1) is 8.45. The zero-order valence-electron chi connectivity index (χ0n) is 11.4. The van der Waals surface area contributed by atoms with E-state index in [0.717, 1.165) is 22.8 Å². The first-order valence-corrected chi connectivity index (χ1v) is 6.71. The molecule has 0 radical (unpaired) electrons. The number of anilines is 1. The number of hydrogen-bond acceptors (Lipinski definition) is 3. The minimum absolute atomic E-state index is 0. The van der Waals surface area contributed by atoms with Gasteiger partial charge in [-0.3, -0.25) is 0 Å². The van der Waals surface area contributed by atoms with E-state index in [2.05, 4.69) is 32.2 Å². The molecule has 0 spiro atoms. The zero-order valence-corrected chi connectivity index (χ0v) is 13.0. The molecule has 0 amide bonds. The van der Waals surface area contributed by atoms with Crippen LogP contribution in [0.2, 0.25) is 0 Å². The Morgan fingerprint density at radius 1 is 1.53 bits per heavy atom. The first kappa shape index (κ1) is 14.6. The molecule has 1 unspecified atom stereocenters. The lowest BCUT2D eigenvalue weighted by Gasteiger charge is -2.21. The molecule has 1 aromatic carbocycles.